The molecule has 1 heterocycles. The van der Waals surface area contributed by atoms with Crippen LogP contribution in [0.4, 0.5) is 0 Å². The number of carboxylic acid groups (broad SMARTS) is 1. The summed E-state index contributed by atoms with van der Waals surface area (Å²) in [4.78, 5) is 27.3. The number of thiazole rings is 1. The molecule has 0 radical (unpaired) electrons. The van der Waals surface area contributed by atoms with Crippen molar-refractivity contribution in [3.63, 3.8) is 0 Å². The smallest absolute Gasteiger partial charge is 0.347 e. The molecule has 0 fully saturated rings. The third-order valence-corrected chi connectivity index (χ3v) is 3.78. The van der Waals surface area contributed by atoms with E-state index in [1.807, 2.05) is 13.8 Å². The molecule has 0 saturated carbocycles. The molecule has 2 rings (SSSR count). The molecule has 0 amide bonds. The summed E-state index contributed by atoms with van der Waals surface area (Å²) >= 11 is 1.13. The molecule has 0 saturated heterocycles. The van der Waals surface area contributed by atoms with Crippen LogP contribution in [0.3, 0.4) is 0 Å². The quantitative estimate of drug-likeness (QED) is 0.871. The molecule has 22 heavy (non-hydrogen) atoms. The molecule has 0 spiro atoms. The average Bonchev–Trinajstić information content (AvgIpc) is 2.90. The minimum absolute atomic E-state index is 0.210. The first-order chi connectivity index (χ1) is 10.5. The van der Waals surface area contributed by atoms with Gasteiger partial charge in [0.15, 0.2) is 0 Å². The molecule has 0 aliphatic rings. The van der Waals surface area contributed by atoms with E-state index in [2.05, 4.69) is 4.98 Å². The predicted octanol–water partition coefficient (Wildman–Crippen LogP) is 3.55. The Kier molecular flexibility index (Phi) is 6.72. The molecule has 0 bridgehead atoms. The zero-order chi connectivity index (χ0) is 16.7. The zero-order valence-electron chi connectivity index (χ0n) is 13.0. The van der Waals surface area contributed by atoms with Crippen LogP contribution in [0, 0.1) is 6.92 Å². The fraction of sp³-hybridized carbons (Fsp3) is 0.312. The number of aryl methyl sites for hydroxylation is 1. The number of nitrogens with zero attached hydrogens (tertiary/aromatic N) is 1. The number of rotatable bonds is 4. The summed E-state index contributed by atoms with van der Waals surface area (Å²) in [5.74, 6) is -1.44. The maximum atomic E-state index is 11.7. The van der Waals surface area contributed by atoms with Crippen LogP contribution in [0.1, 0.15) is 50.1 Å². The topological polar surface area (TPSA) is 76.5 Å². The Balaban J connectivity index is 0.00000116. The van der Waals surface area contributed by atoms with Crippen molar-refractivity contribution in [2.45, 2.75) is 27.2 Å². The van der Waals surface area contributed by atoms with Crippen LogP contribution in [-0.4, -0.2) is 29.1 Å². The van der Waals surface area contributed by atoms with Crippen LogP contribution in [0.2, 0.25) is 0 Å². The number of ether oxygens (including phenoxy) is 1. The van der Waals surface area contributed by atoms with Gasteiger partial charge in [-0.15, -0.1) is 11.3 Å². The summed E-state index contributed by atoms with van der Waals surface area (Å²) in [6, 6.07) is 6.95. The molecule has 6 heteroatoms. The van der Waals surface area contributed by atoms with Gasteiger partial charge in [0.2, 0.25) is 0 Å². The van der Waals surface area contributed by atoms with Gasteiger partial charge in [-0.2, -0.15) is 0 Å². The molecule has 5 nitrogen and oxygen atoms in total. The number of hydrogen-bond acceptors (Lipinski definition) is 5. The van der Waals surface area contributed by atoms with Crippen molar-refractivity contribution in [3.05, 3.63) is 51.0 Å². The van der Waals surface area contributed by atoms with Crippen molar-refractivity contribution in [3.8, 4) is 0 Å². The van der Waals surface area contributed by atoms with Crippen LogP contribution < -0.4 is 0 Å². The van der Waals surface area contributed by atoms with E-state index in [0.29, 0.717) is 21.8 Å². The number of methoxy groups -OCH3 is 1. The van der Waals surface area contributed by atoms with Gasteiger partial charge in [0.25, 0.3) is 0 Å². The second kappa shape index (κ2) is 8.29. The highest BCUT2D eigenvalue weighted by Crippen LogP contribution is 2.22. The molecule has 0 aliphatic carbocycles. The van der Waals surface area contributed by atoms with E-state index in [0.717, 1.165) is 11.3 Å². The lowest BCUT2D eigenvalue weighted by molar-refractivity contribution is 0.0599. The number of benzene rings is 1. The van der Waals surface area contributed by atoms with Crippen LogP contribution >= 0.6 is 11.3 Å². The maximum absolute atomic E-state index is 11.7. The average molecular weight is 321 g/mol. The van der Waals surface area contributed by atoms with Gasteiger partial charge in [-0.05, 0) is 18.6 Å². The monoisotopic (exact) mass is 321 g/mol. The minimum atomic E-state index is -0.999. The summed E-state index contributed by atoms with van der Waals surface area (Å²) in [5, 5.41) is 9.85. The third-order valence-electron chi connectivity index (χ3n) is 2.78. The Morgan fingerprint density at radius 3 is 2.50 bits per heavy atom. The van der Waals surface area contributed by atoms with Crippen molar-refractivity contribution in [2.24, 2.45) is 0 Å². The largest absolute Gasteiger partial charge is 0.477 e. The van der Waals surface area contributed by atoms with E-state index < -0.39 is 11.9 Å². The fourth-order valence-electron chi connectivity index (χ4n) is 1.92. The van der Waals surface area contributed by atoms with E-state index in [-0.39, 0.29) is 11.3 Å². The lowest BCUT2D eigenvalue weighted by Gasteiger charge is -2.06. The van der Waals surface area contributed by atoms with E-state index in [9.17, 15) is 9.59 Å². The summed E-state index contributed by atoms with van der Waals surface area (Å²) < 4.78 is 4.72. The third kappa shape index (κ3) is 4.14. The van der Waals surface area contributed by atoms with E-state index in [1.54, 1.807) is 31.2 Å². The standard InChI is InChI=1S/C14H13NO4S.C2H6/c1-8-15-11(12(20-8)13(16)17)7-9-5-3-4-6-10(9)14(18)19-2;1-2/h3-6H,7H2,1-2H3,(H,16,17);1-2H3. The normalized spacial score (nSPS) is 9.64. The van der Waals surface area contributed by atoms with Gasteiger partial charge in [0.05, 0.1) is 23.4 Å². The SMILES string of the molecule is CC.COC(=O)c1ccccc1Cc1nc(C)sc1C(=O)O. The summed E-state index contributed by atoms with van der Waals surface area (Å²) in [5.41, 5.74) is 1.60. The summed E-state index contributed by atoms with van der Waals surface area (Å²) in [6.07, 6.45) is 0.289. The molecule has 118 valence electrons. The van der Waals surface area contributed by atoms with Crippen molar-refractivity contribution in [1.82, 2.24) is 4.98 Å². The first kappa shape index (κ1) is 17.8. The molecular formula is C16H19NO4S. The number of carboxylic acids is 1. The Morgan fingerprint density at radius 2 is 1.91 bits per heavy atom. The predicted molar refractivity (Wildman–Crippen MR) is 85.7 cm³/mol. The molecule has 1 aromatic carbocycles. The molecule has 1 N–H and O–H groups in total. The fourth-order valence-corrected chi connectivity index (χ4v) is 2.70. The number of carbonyl (C=O) groups excluding carboxylic acids is 1. The van der Waals surface area contributed by atoms with Gasteiger partial charge >= 0.3 is 11.9 Å². The van der Waals surface area contributed by atoms with Crippen molar-refractivity contribution < 1.29 is 19.4 Å². The van der Waals surface area contributed by atoms with Crippen LogP contribution in [0.5, 0.6) is 0 Å². The molecule has 0 unspecified atom stereocenters. The van der Waals surface area contributed by atoms with Crippen LogP contribution in [0.15, 0.2) is 24.3 Å². The van der Waals surface area contributed by atoms with Gasteiger partial charge < -0.3 is 9.84 Å². The van der Waals surface area contributed by atoms with Crippen LogP contribution in [-0.2, 0) is 11.2 Å². The number of carbonyl (C=O) groups is 2. The van der Waals surface area contributed by atoms with Crippen LogP contribution in [0.25, 0.3) is 0 Å². The van der Waals surface area contributed by atoms with Crippen molar-refractivity contribution in [2.75, 3.05) is 7.11 Å². The van der Waals surface area contributed by atoms with E-state index in [1.165, 1.54) is 7.11 Å². The second-order valence-corrected chi connectivity index (χ2v) is 5.34. The summed E-state index contributed by atoms with van der Waals surface area (Å²) in [6.45, 7) is 5.76. The lowest BCUT2D eigenvalue weighted by Crippen LogP contribution is -2.07. The first-order valence-electron chi connectivity index (χ1n) is 6.88. The molecule has 2 aromatic rings. The first-order valence-corrected chi connectivity index (χ1v) is 7.70. The Hall–Kier alpha value is -2.21. The second-order valence-electron chi connectivity index (χ2n) is 4.14. The Bertz CT molecular complexity index is 664. The molecule has 1 aromatic heterocycles. The highest BCUT2D eigenvalue weighted by atomic mass is 32.1. The van der Waals surface area contributed by atoms with Gasteiger partial charge in [-0.1, -0.05) is 32.0 Å². The molecule has 0 aliphatic heterocycles. The van der Waals surface area contributed by atoms with Gasteiger partial charge in [-0.3, -0.25) is 0 Å². The number of aromatic nitrogens is 1. The zero-order valence-corrected chi connectivity index (χ0v) is 13.9. The summed E-state index contributed by atoms with van der Waals surface area (Å²) in [7, 11) is 1.31. The van der Waals surface area contributed by atoms with E-state index >= 15 is 0 Å². The van der Waals surface area contributed by atoms with Gasteiger partial charge in [0.1, 0.15) is 4.88 Å². The molecule has 0 atom stereocenters. The highest BCUT2D eigenvalue weighted by Gasteiger charge is 2.18. The number of aromatic carboxylic acids is 1. The van der Waals surface area contributed by atoms with E-state index in [4.69, 9.17) is 9.84 Å². The van der Waals surface area contributed by atoms with Gasteiger partial charge in [0, 0.05) is 6.42 Å². The Labute approximate surface area is 133 Å². The number of esters is 1. The highest BCUT2D eigenvalue weighted by molar-refractivity contribution is 7.13. The maximum Gasteiger partial charge on any atom is 0.347 e. The van der Waals surface area contributed by atoms with Gasteiger partial charge in [-0.25, -0.2) is 14.6 Å². The van der Waals surface area contributed by atoms with Crippen molar-refractivity contribution in [1.29, 1.82) is 0 Å². The minimum Gasteiger partial charge on any atom is -0.477 e. The number of hydrogen-bond donors (Lipinski definition) is 1. The lowest BCUT2D eigenvalue weighted by atomic mass is 10.0. The Morgan fingerprint density at radius 1 is 1.27 bits per heavy atom. The molecular weight excluding hydrogens is 302 g/mol. The van der Waals surface area contributed by atoms with Crippen molar-refractivity contribution >= 4 is 23.3 Å².